The summed E-state index contributed by atoms with van der Waals surface area (Å²) in [5.74, 6) is -0.370. The van der Waals surface area contributed by atoms with Crippen LogP contribution in [0.15, 0.2) is 24.3 Å². The Hall–Kier alpha value is -1.99. The highest BCUT2D eigenvalue weighted by Gasteiger charge is 2.23. The highest BCUT2D eigenvalue weighted by Crippen LogP contribution is 2.20. The van der Waals surface area contributed by atoms with Gasteiger partial charge >= 0.3 is 6.03 Å². The van der Waals surface area contributed by atoms with Gasteiger partial charge < -0.3 is 15.7 Å². The van der Waals surface area contributed by atoms with Gasteiger partial charge in [0.1, 0.15) is 11.4 Å². The maximum absolute atomic E-state index is 12.9. The number of nitrogens with one attached hydrogen (secondary N) is 2. The van der Waals surface area contributed by atoms with Crippen LogP contribution in [0.1, 0.15) is 28.1 Å². The number of carbonyl (C=O) groups is 1. The van der Waals surface area contributed by atoms with Gasteiger partial charge in [0.25, 0.3) is 0 Å². The largest absolute Gasteiger partial charge is 0.384 e. The average molecular weight is 337 g/mol. The molecule has 0 bridgehead atoms. The van der Waals surface area contributed by atoms with E-state index in [1.54, 1.807) is 6.92 Å². The van der Waals surface area contributed by atoms with Crippen molar-refractivity contribution in [3.8, 4) is 0 Å². The van der Waals surface area contributed by atoms with Crippen molar-refractivity contribution in [3.05, 3.63) is 51.2 Å². The van der Waals surface area contributed by atoms with E-state index in [-0.39, 0.29) is 18.4 Å². The van der Waals surface area contributed by atoms with Gasteiger partial charge in [-0.05, 0) is 38.5 Å². The van der Waals surface area contributed by atoms with Crippen LogP contribution in [0.3, 0.4) is 0 Å². The van der Waals surface area contributed by atoms with Crippen LogP contribution in [-0.4, -0.2) is 22.7 Å². The molecule has 7 heteroatoms. The minimum absolute atomic E-state index is 0.0190. The maximum Gasteiger partial charge on any atom is 0.315 e. The van der Waals surface area contributed by atoms with Crippen LogP contribution in [-0.2, 0) is 12.1 Å². The maximum atomic E-state index is 12.9. The number of amides is 2. The molecule has 2 rings (SSSR count). The predicted molar refractivity (Wildman–Crippen MR) is 87.8 cm³/mol. The lowest BCUT2D eigenvalue weighted by Gasteiger charge is -2.24. The molecule has 0 radical (unpaired) electrons. The minimum Gasteiger partial charge on any atom is -0.384 e. The molecule has 1 atom stereocenters. The third-order valence-electron chi connectivity index (χ3n) is 3.47. The van der Waals surface area contributed by atoms with Gasteiger partial charge in [0.05, 0.1) is 23.8 Å². The summed E-state index contributed by atoms with van der Waals surface area (Å²) in [6.07, 6.45) is 0. The summed E-state index contributed by atoms with van der Waals surface area (Å²) >= 11 is 1.54. The summed E-state index contributed by atoms with van der Waals surface area (Å²) in [7, 11) is 0. The monoisotopic (exact) mass is 337 g/mol. The first-order valence-electron chi connectivity index (χ1n) is 7.21. The SMILES string of the molecule is Cc1nc(C)c(CNC(=O)NCC(C)(O)c2ccc(F)cc2)s1. The van der Waals surface area contributed by atoms with Gasteiger partial charge in [0, 0.05) is 4.88 Å². The molecule has 1 aromatic heterocycles. The standard InChI is InChI=1S/C16H20FN3O2S/c1-10-14(23-11(2)20-10)8-18-15(21)19-9-16(3,22)12-4-6-13(17)7-5-12/h4-7,22H,8-9H2,1-3H3,(H2,18,19,21). The minimum atomic E-state index is -1.28. The number of halogens is 1. The molecule has 2 amide bonds. The highest BCUT2D eigenvalue weighted by molar-refractivity contribution is 7.11. The Morgan fingerprint density at radius 1 is 1.30 bits per heavy atom. The van der Waals surface area contributed by atoms with E-state index < -0.39 is 5.60 Å². The first kappa shape index (κ1) is 17.4. The number of rotatable bonds is 5. The van der Waals surface area contributed by atoms with Gasteiger partial charge in [0.15, 0.2) is 0 Å². The Labute approximate surface area is 138 Å². The quantitative estimate of drug-likeness (QED) is 0.785. The van der Waals surface area contributed by atoms with Gasteiger partial charge in [-0.25, -0.2) is 14.2 Å². The van der Waals surface area contributed by atoms with Gasteiger partial charge in [-0.1, -0.05) is 12.1 Å². The van der Waals surface area contributed by atoms with Gasteiger partial charge in [-0.2, -0.15) is 0 Å². The van der Waals surface area contributed by atoms with Crippen LogP contribution in [0.4, 0.5) is 9.18 Å². The number of nitrogens with zero attached hydrogens (tertiary/aromatic N) is 1. The van der Waals surface area contributed by atoms with Crippen molar-refractivity contribution in [3.63, 3.8) is 0 Å². The van der Waals surface area contributed by atoms with Gasteiger partial charge in [0.2, 0.25) is 0 Å². The second kappa shape index (κ2) is 7.06. The second-order valence-electron chi connectivity index (χ2n) is 5.56. The molecule has 0 aliphatic carbocycles. The molecule has 23 heavy (non-hydrogen) atoms. The molecule has 0 saturated carbocycles. The third kappa shape index (κ3) is 4.74. The number of aryl methyl sites for hydroxylation is 2. The molecular weight excluding hydrogens is 317 g/mol. The Morgan fingerprint density at radius 3 is 2.52 bits per heavy atom. The summed E-state index contributed by atoms with van der Waals surface area (Å²) in [4.78, 5) is 17.2. The summed E-state index contributed by atoms with van der Waals surface area (Å²) in [5, 5.41) is 16.7. The van der Waals surface area contributed by atoms with Crippen LogP contribution >= 0.6 is 11.3 Å². The van der Waals surface area contributed by atoms with Gasteiger partial charge in [-0.3, -0.25) is 0 Å². The zero-order valence-electron chi connectivity index (χ0n) is 13.3. The van der Waals surface area contributed by atoms with E-state index >= 15 is 0 Å². The molecule has 0 saturated heterocycles. The van der Waals surface area contributed by atoms with E-state index in [1.807, 2.05) is 13.8 Å². The zero-order chi connectivity index (χ0) is 17.0. The van der Waals surface area contributed by atoms with E-state index in [0.29, 0.717) is 12.1 Å². The molecule has 0 aliphatic heterocycles. The van der Waals surface area contributed by atoms with Crippen molar-refractivity contribution in [1.82, 2.24) is 15.6 Å². The molecule has 1 unspecified atom stereocenters. The Morgan fingerprint density at radius 2 is 1.96 bits per heavy atom. The number of thiazole rings is 1. The Kier molecular flexibility index (Phi) is 5.33. The van der Waals surface area contributed by atoms with Crippen molar-refractivity contribution in [1.29, 1.82) is 0 Å². The summed E-state index contributed by atoms with van der Waals surface area (Å²) in [6.45, 7) is 5.79. The Bertz CT molecular complexity index is 683. The van der Waals surface area contributed by atoms with E-state index in [4.69, 9.17) is 0 Å². The fourth-order valence-electron chi connectivity index (χ4n) is 2.12. The summed E-state index contributed by atoms with van der Waals surface area (Å²) < 4.78 is 12.9. The van der Waals surface area contributed by atoms with Crippen LogP contribution < -0.4 is 10.6 Å². The predicted octanol–water partition coefficient (Wildman–Crippen LogP) is 2.61. The Balaban J connectivity index is 1.85. The van der Waals surface area contributed by atoms with Crippen molar-refractivity contribution in [2.45, 2.75) is 32.9 Å². The van der Waals surface area contributed by atoms with Crippen LogP contribution in [0.5, 0.6) is 0 Å². The normalized spacial score (nSPS) is 13.4. The molecule has 1 heterocycles. The first-order chi connectivity index (χ1) is 10.8. The van der Waals surface area contributed by atoms with Crippen LogP contribution in [0.25, 0.3) is 0 Å². The van der Waals surface area contributed by atoms with Crippen molar-refractivity contribution in [2.24, 2.45) is 0 Å². The molecule has 2 aromatic rings. The lowest BCUT2D eigenvalue weighted by molar-refractivity contribution is 0.0593. The highest BCUT2D eigenvalue weighted by atomic mass is 32.1. The van der Waals surface area contributed by atoms with E-state index in [2.05, 4.69) is 15.6 Å². The second-order valence-corrected chi connectivity index (χ2v) is 6.85. The van der Waals surface area contributed by atoms with Crippen LogP contribution in [0, 0.1) is 19.7 Å². The number of aromatic nitrogens is 1. The summed E-state index contributed by atoms with van der Waals surface area (Å²) in [6, 6.07) is 5.17. The number of benzene rings is 1. The number of hydrogen-bond acceptors (Lipinski definition) is 4. The molecule has 1 aromatic carbocycles. The van der Waals surface area contributed by atoms with Crippen molar-refractivity contribution in [2.75, 3.05) is 6.54 Å². The average Bonchev–Trinajstić information content (AvgIpc) is 2.81. The number of urea groups is 1. The lowest BCUT2D eigenvalue weighted by Crippen LogP contribution is -2.43. The molecular formula is C16H20FN3O2S. The zero-order valence-corrected chi connectivity index (χ0v) is 14.1. The smallest absolute Gasteiger partial charge is 0.315 e. The molecule has 124 valence electrons. The van der Waals surface area contributed by atoms with E-state index in [1.165, 1.54) is 35.6 Å². The summed E-state index contributed by atoms with van der Waals surface area (Å²) in [5.41, 5.74) is 0.168. The number of carbonyl (C=O) groups excluding carboxylic acids is 1. The fourth-order valence-corrected chi connectivity index (χ4v) is 3.00. The fraction of sp³-hybridized carbons (Fsp3) is 0.375. The van der Waals surface area contributed by atoms with E-state index in [9.17, 15) is 14.3 Å². The molecule has 0 aliphatic rings. The van der Waals surface area contributed by atoms with Gasteiger partial charge in [-0.15, -0.1) is 11.3 Å². The molecule has 0 fully saturated rings. The van der Waals surface area contributed by atoms with Crippen LogP contribution in [0.2, 0.25) is 0 Å². The third-order valence-corrected chi connectivity index (χ3v) is 4.54. The number of aliphatic hydroxyl groups is 1. The topological polar surface area (TPSA) is 74.2 Å². The molecule has 0 spiro atoms. The lowest BCUT2D eigenvalue weighted by atomic mass is 9.96. The molecule has 5 nitrogen and oxygen atoms in total. The number of hydrogen-bond donors (Lipinski definition) is 3. The molecule has 3 N–H and O–H groups in total. The first-order valence-corrected chi connectivity index (χ1v) is 8.02. The van der Waals surface area contributed by atoms with Crippen molar-refractivity contribution >= 4 is 17.4 Å². The van der Waals surface area contributed by atoms with Crippen molar-refractivity contribution < 1.29 is 14.3 Å². The van der Waals surface area contributed by atoms with E-state index in [0.717, 1.165) is 15.6 Å².